The van der Waals surface area contributed by atoms with Gasteiger partial charge in [-0.2, -0.15) is 0 Å². The number of rotatable bonds is 5. The third kappa shape index (κ3) is 3.71. The summed E-state index contributed by atoms with van der Waals surface area (Å²) in [5.41, 5.74) is 4.57. The summed E-state index contributed by atoms with van der Waals surface area (Å²) in [6.07, 6.45) is 3.02. The highest BCUT2D eigenvalue weighted by molar-refractivity contribution is 6.23. The summed E-state index contributed by atoms with van der Waals surface area (Å²) >= 11 is 0. The van der Waals surface area contributed by atoms with Gasteiger partial charge in [-0.05, 0) is 86.6 Å². The van der Waals surface area contributed by atoms with Gasteiger partial charge in [0.25, 0.3) is 5.91 Å². The molecule has 3 aliphatic rings. The maximum Gasteiger partial charge on any atom is 0.338 e. The Morgan fingerprint density at radius 1 is 0.971 bits per heavy atom. The fourth-order valence-electron chi connectivity index (χ4n) is 5.73. The minimum Gasteiger partial charge on any atom is -0.452 e. The first-order valence-electron chi connectivity index (χ1n) is 11.4. The Kier molecular flexibility index (Phi) is 5.35. The van der Waals surface area contributed by atoms with Crippen LogP contribution >= 0.6 is 0 Å². The summed E-state index contributed by atoms with van der Waals surface area (Å²) in [6, 6.07) is 11.8. The highest BCUT2D eigenvalue weighted by Crippen LogP contribution is 2.55. The topological polar surface area (TPSA) is 92.8 Å². The molecule has 7 nitrogen and oxygen atoms in total. The summed E-state index contributed by atoms with van der Waals surface area (Å²) < 4.78 is 5.13. The summed E-state index contributed by atoms with van der Waals surface area (Å²) in [7, 11) is 0. The molecule has 0 unspecified atom stereocenters. The highest BCUT2D eigenvalue weighted by Gasteiger charge is 2.60. The first-order chi connectivity index (χ1) is 16.2. The molecule has 3 amide bonds. The van der Waals surface area contributed by atoms with Crippen LogP contribution in [0.4, 0.5) is 11.4 Å². The van der Waals surface area contributed by atoms with Crippen LogP contribution in [0.25, 0.3) is 0 Å². The summed E-state index contributed by atoms with van der Waals surface area (Å²) in [5, 5.41) is 2.72. The molecule has 2 fully saturated rings. The van der Waals surface area contributed by atoms with E-state index >= 15 is 0 Å². The van der Waals surface area contributed by atoms with E-state index in [9.17, 15) is 19.2 Å². The van der Waals surface area contributed by atoms with Crippen LogP contribution in [0.15, 0.2) is 54.1 Å². The van der Waals surface area contributed by atoms with E-state index < -0.39 is 18.5 Å². The molecule has 174 valence electrons. The Balaban J connectivity index is 1.21. The number of allylic oxidation sites excluding steroid dienone is 2. The molecule has 0 radical (unpaired) electrons. The Labute approximate surface area is 197 Å². The molecule has 1 saturated heterocycles. The maximum absolute atomic E-state index is 13.1. The molecule has 1 heterocycles. The summed E-state index contributed by atoms with van der Waals surface area (Å²) in [4.78, 5) is 51.9. The van der Waals surface area contributed by atoms with E-state index in [0.29, 0.717) is 11.4 Å². The van der Waals surface area contributed by atoms with Crippen LogP contribution in [-0.2, 0) is 19.1 Å². The predicted molar refractivity (Wildman–Crippen MR) is 126 cm³/mol. The molecule has 2 aliphatic carbocycles. The second-order valence-corrected chi connectivity index (χ2v) is 9.53. The lowest BCUT2D eigenvalue weighted by Crippen LogP contribution is -2.33. The number of hydrogen-bond donors (Lipinski definition) is 1. The smallest absolute Gasteiger partial charge is 0.338 e. The lowest BCUT2D eigenvalue weighted by atomic mass is 9.82. The van der Waals surface area contributed by atoms with Crippen LogP contribution in [0.5, 0.6) is 0 Å². The third-order valence-corrected chi connectivity index (χ3v) is 7.08. The molecular weight excluding hydrogens is 432 g/mol. The second kappa shape index (κ2) is 8.24. The van der Waals surface area contributed by atoms with Gasteiger partial charge in [-0.1, -0.05) is 17.7 Å². The van der Waals surface area contributed by atoms with E-state index in [0.717, 1.165) is 17.5 Å². The molecule has 2 aromatic carbocycles. The van der Waals surface area contributed by atoms with E-state index in [1.807, 2.05) is 39.0 Å². The number of benzene rings is 2. The number of imide groups is 1. The average molecular weight is 459 g/mol. The van der Waals surface area contributed by atoms with E-state index in [-0.39, 0.29) is 41.0 Å². The van der Waals surface area contributed by atoms with Gasteiger partial charge in [0.2, 0.25) is 11.8 Å². The van der Waals surface area contributed by atoms with Crippen molar-refractivity contribution < 1.29 is 23.9 Å². The van der Waals surface area contributed by atoms with Gasteiger partial charge in [0.05, 0.1) is 23.1 Å². The van der Waals surface area contributed by atoms with Gasteiger partial charge in [0, 0.05) is 5.69 Å². The van der Waals surface area contributed by atoms with Gasteiger partial charge >= 0.3 is 5.97 Å². The Hall–Kier alpha value is -3.74. The zero-order valence-corrected chi connectivity index (χ0v) is 19.3. The average Bonchev–Trinajstić information content (AvgIpc) is 3.41. The van der Waals surface area contributed by atoms with Gasteiger partial charge in [-0.25, -0.2) is 4.79 Å². The standard InChI is InChI=1S/C27H26N2O5/c1-14-8-15(2)10-19(9-14)28-22(30)13-34-27(33)17-4-6-20(7-5-17)29-25(31)23-18-11-16(3)21(12-18)24(23)26(29)32/h4-11,18,21,23-24H,12-13H2,1-3H3,(H,28,30)/t18-,21+,23+,24+/m0/s1. The molecule has 1 N–H and O–H groups in total. The highest BCUT2D eigenvalue weighted by atomic mass is 16.5. The Morgan fingerprint density at radius 3 is 2.29 bits per heavy atom. The predicted octanol–water partition coefficient (Wildman–Crippen LogP) is 3.80. The molecular formula is C27H26N2O5. The zero-order valence-electron chi connectivity index (χ0n) is 19.3. The minimum absolute atomic E-state index is 0.139. The fourth-order valence-corrected chi connectivity index (χ4v) is 5.73. The summed E-state index contributed by atoms with van der Waals surface area (Å²) in [5.74, 6) is -1.67. The molecule has 5 rings (SSSR count). The number of fused-ring (bicyclic) bond motifs is 5. The van der Waals surface area contributed by atoms with Gasteiger partial charge in [0.15, 0.2) is 6.61 Å². The van der Waals surface area contributed by atoms with E-state index in [4.69, 9.17) is 4.74 Å². The van der Waals surface area contributed by atoms with Crippen molar-refractivity contribution in [2.45, 2.75) is 27.2 Å². The molecule has 1 aliphatic heterocycles. The molecule has 2 aromatic rings. The molecule has 4 atom stereocenters. The maximum atomic E-state index is 13.1. The number of hydrogen-bond acceptors (Lipinski definition) is 5. The van der Waals surface area contributed by atoms with E-state index in [2.05, 4.69) is 11.4 Å². The lowest BCUT2D eigenvalue weighted by molar-refractivity contribution is -0.123. The van der Waals surface area contributed by atoms with E-state index in [1.54, 1.807) is 12.1 Å². The minimum atomic E-state index is -0.657. The number of carbonyl (C=O) groups is 4. The van der Waals surface area contributed by atoms with Crippen molar-refractivity contribution >= 4 is 35.1 Å². The third-order valence-electron chi connectivity index (χ3n) is 7.08. The van der Waals surface area contributed by atoms with Gasteiger partial charge in [-0.3, -0.25) is 19.3 Å². The molecule has 2 bridgehead atoms. The molecule has 7 heteroatoms. The molecule has 1 saturated carbocycles. The zero-order chi connectivity index (χ0) is 24.1. The molecule has 0 aromatic heterocycles. The summed E-state index contributed by atoms with van der Waals surface area (Å²) in [6.45, 7) is 5.48. The van der Waals surface area contributed by atoms with Crippen molar-refractivity contribution in [2.24, 2.45) is 23.7 Å². The molecule has 0 spiro atoms. The monoisotopic (exact) mass is 458 g/mol. The van der Waals surface area contributed by atoms with Gasteiger partial charge in [-0.15, -0.1) is 0 Å². The van der Waals surface area contributed by atoms with Crippen LogP contribution in [0.3, 0.4) is 0 Å². The van der Waals surface area contributed by atoms with Crippen LogP contribution in [0.1, 0.15) is 34.8 Å². The normalized spacial score (nSPS) is 24.8. The van der Waals surface area contributed by atoms with Crippen LogP contribution in [0.2, 0.25) is 0 Å². The Bertz CT molecular complexity index is 1230. The van der Waals surface area contributed by atoms with Crippen LogP contribution in [0, 0.1) is 37.5 Å². The number of esters is 1. The number of carbonyl (C=O) groups excluding carboxylic acids is 4. The SMILES string of the molecule is CC1=C[C@H]2C[C@H]1[C@H]1C(=O)N(c3ccc(C(=O)OCC(=O)Nc4cc(C)cc(C)c4)cc3)C(=O)[C@@H]12. The van der Waals surface area contributed by atoms with Crippen molar-refractivity contribution in [1.29, 1.82) is 0 Å². The quantitative estimate of drug-likeness (QED) is 0.418. The van der Waals surface area contributed by atoms with Gasteiger partial charge in [0.1, 0.15) is 0 Å². The largest absolute Gasteiger partial charge is 0.452 e. The van der Waals surface area contributed by atoms with Crippen molar-refractivity contribution in [2.75, 3.05) is 16.8 Å². The second-order valence-electron chi connectivity index (χ2n) is 9.53. The van der Waals surface area contributed by atoms with Crippen molar-refractivity contribution in [3.8, 4) is 0 Å². The number of ether oxygens (including phenoxy) is 1. The Morgan fingerprint density at radius 2 is 1.62 bits per heavy atom. The number of amides is 3. The number of nitrogens with zero attached hydrogens (tertiary/aromatic N) is 1. The fraction of sp³-hybridized carbons (Fsp3) is 0.333. The van der Waals surface area contributed by atoms with Crippen molar-refractivity contribution in [1.82, 2.24) is 0 Å². The van der Waals surface area contributed by atoms with Crippen molar-refractivity contribution in [3.05, 3.63) is 70.8 Å². The molecule has 34 heavy (non-hydrogen) atoms. The van der Waals surface area contributed by atoms with Crippen LogP contribution in [-0.4, -0.2) is 30.3 Å². The first kappa shape index (κ1) is 22.1. The number of aryl methyl sites for hydroxylation is 2. The number of nitrogens with one attached hydrogen (secondary N) is 1. The lowest BCUT2D eigenvalue weighted by Gasteiger charge is -2.19. The van der Waals surface area contributed by atoms with Gasteiger partial charge < -0.3 is 10.1 Å². The number of anilines is 2. The van der Waals surface area contributed by atoms with E-state index in [1.165, 1.54) is 22.6 Å². The first-order valence-corrected chi connectivity index (χ1v) is 11.4. The van der Waals surface area contributed by atoms with Crippen LogP contribution < -0.4 is 10.2 Å². The van der Waals surface area contributed by atoms with Crippen molar-refractivity contribution in [3.63, 3.8) is 0 Å².